The van der Waals surface area contributed by atoms with E-state index in [-0.39, 0.29) is 6.04 Å². The Morgan fingerprint density at radius 1 is 1.28 bits per heavy atom. The maximum atomic E-state index is 5.60. The van der Waals surface area contributed by atoms with E-state index in [9.17, 15) is 0 Å². The fourth-order valence-corrected chi connectivity index (χ4v) is 1.83. The predicted molar refractivity (Wildman–Crippen MR) is 65.1 cm³/mol. The molecule has 18 heavy (non-hydrogen) atoms. The highest BCUT2D eigenvalue weighted by Crippen LogP contribution is 2.35. The van der Waals surface area contributed by atoms with Crippen molar-refractivity contribution >= 4 is 0 Å². The van der Waals surface area contributed by atoms with Crippen molar-refractivity contribution in [2.75, 3.05) is 14.2 Å². The second-order valence-electron chi connectivity index (χ2n) is 3.57. The number of hydrogen-bond donors (Lipinski definition) is 3. The van der Waals surface area contributed by atoms with Crippen LogP contribution in [0.1, 0.15) is 17.3 Å². The highest BCUT2D eigenvalue weighted by atomic mass is 16.5. The number of H-pyrrole nitrogens is 1. The van der Waals surface area contributed by atoms with E-state index in [1.807, 2.05) is 18.2 Å². The van der Waals surface area contributed by atoms with Gasteiger partial charge in [0.2, 0.25) is 0 Å². The third kappa shape index (κ3) is 2.13. The van der Waals surface area contributed by atoms with Gasteiger partial charge in [-0.05, 0) is 12.1 Å². The summed E-state index contributed by atoms with van der Waals surface area (Å²) in [4.78, 5) is 0. The second kappa shape index (κ2) is 5.48. The van der Waals surface area contributed by atoms with Gasteiger partial charge in [-0.15, -0.1) is 0 Å². The Hall–Kier alpha value is -2.12. The number of methoxy groups -OCH3 is 2. The second-order valence-corrected chi connectivity index (χ2v) is 3.57. The largest absolute Gasteiger partial charge is 0.496 e. The van der Waals surface area contributed by atoms with Crippen LogP contribution in [0.2, 0.25) is 0 Å². The fraction of sp³-hybridized carbons (Fsp3) is 0.273. The predicted octanol–water partition coefficient (Wildman–Crippen LogP) is 0.375. The molecule has 0 spiro atoms. The lowest BCUT2D eigenvalue weighted by Crippen LogP contribution is -2.29. The first kappa shape index (κ1) is 12.3. The normalized spacial score (nSPS) is 12.2. The lowest BCUT2D eigenvalue weighted by atomic mass is 10.0. The van der Waals surface area contributed by atoms with E-state index in [0.717, 1.165) is 5.56 Å². The molecule has 1 aromatic carbocycles. The molecule has 96 valence electrons. The van der Waals surface area contributed by atoms with Gasteiger partial charge in [0.15, 0.2) is 0 Å². The molecule has 2 aromatic rings. The van der Waals surface area contributed by atoms with Gasteiger partial charge in [-0.25, -0.2) is 5.43 Å². The first-order valence-electron chi connectivity index (χ1n) is 5.34. The van der Waals surface area contributed by atoms with Crippen LogP contribution in [0, 0.1) is 0 Å². The van der Waals surface area contributed by atoms with E-state index in [2.05, 4.69) is 20.8 Å². The summed E-state index contributed by atoms with van der Waals surface area (Å²) in [6, 6.07) is 5.15. The Morgan fingerprint density at radius 2 is 1.94 bits per heavy atom. The van der Waals surface area contributed by atoms with Crippen LogP contribution < -0.4 is 20.7 Å². The zero-order chi connectivity index (χ0) is 13.0. The van der Waals surface area contributed by atoms with Gasteiger partial charge in [-0.3, -0.25) is 5.84 Å². The van der Waals surface area contributed by atoms with Gasteiger partial charge in [0.25, 0.3) is 0 Å². The summed E-state index contributed by atoms with van der Waals surface area (Å²) >= 11 is 0. The van der Waals surface area contributed by atoms with Crippen LogP contribution in [0.5, 0.6) is 11.5 Å². The maximum absolute atomic E-state index is 5.60. The van der Waals surface area contributed by atoms with Gasteiger partial charge in [-0.2, -0.15) is 15.4 Å². The molecule has 0 radical (unpaired) electrons. The van der Waals surface area contributed by atoms with Gasteiger partial charge in [0, 0.05) is 0 Å². The fourth-order valence-electron chi connectivity index (χ4n) is 1.83. The number of hydrazine groups is 1. The Balaban J connectivity index is 2.53. The van der Waals surface area contributed by atoms with E-state index in [0.29, 0.717) is 17.2 Å². The Labute approximate surface area is 104 Å². The van der Waals surface area contributed by atoms with Crippen molar-refractivity contribution in [2.45, 2.75) is 6.04 Å². The number of nitrogens with two attached hydrogens (primary N) is 1. The van der Waals surface area contributed by atoms with Gasteiger partial charge in [0.1, 0.15) is 17.2 Å². The zero-order valence-corrected chi connectivity index (χ0v) is 10.2. The van der Waals surface area contributed by atoms with Gasteiger partial charge in [0.05, 0.1) is 32.0 Å². The summed E-state index contributed by atoms with van der Waals surface area (Å²) < 4.78 is 10.7. The molecule has 1 atom stereocenters. The summed E-state index contributed by atoms with van der Waals surface area (Å²) in [5.41, 5.74) is 4.12. The molecule has 7 heteroatoms. The molecule has 0 saturated heterocycles. The molecule has 1 heterocycles. The molecule has 4 N–H and O–H groups in total. The molecule has 0 saturated carbocycles. The number of ether oxygens (including phenoxy) is 2. The van der Waals surface area contributed by atoms with Crippen molar-refractivity contribution in [1.29, 1.82) is 0 Å². The summed E-state index contributed by atoms with van der Waals surface area (Å²) in [5.74, 6) is 6.93. The first-order chi connectivity index (χ1) is 8.81. The third-order valence-corrected chi connectivity index (χ3v) is 2.65. The van der Waals surface area contributed by atoms with Crippen molar-refractivity contribution < 1.29 is 9.47 Å². The molecule has 0 aliphatic heterocycles. The minimum Gasteiger partial charge on any atom is -0.496 e. The minimum absolute atomic E-state index is 0.366. The molecule has 1 aromatic heterocycles. The van der Waals surface area contributed by atoms with Crippen molar-refractivity contribution in [3.8, 4) is 11.5 Å². The van der Waals surface area contributed by atoms with Crippen molar-refractivity contribution in [3.05, 3.63) is 35.7 Å². The molecule has 0 bridgehead atoms. The lowest BCUT2D eigenvalue weighted by molar-refractivity contribution is 0.376. The molecule has 0 amide bonds. The van der Waals surface area contributed by atoms with Gasteiger partial charge >= 0.3 is 0 Å². The number of nitrogens with zero attached hydrogens (tertiary/aromatic N) is 2. The third-order valence-electron chi connectivity index (χ3n) is 2.65. The van der Waals surface area contributed by atoms with Crippen molar-refractivity contribution in [2.24, 2.45) is 5.84 Å². The average molecular weight is 249 g/mol. The number of aromatic amines is 1. The van der Waals surface area contributed by atoms with E-state index in [1.54, 1.807) is 20.4 Å². The zero-order valence-electron chi connectivity index (χ0n) is 10.2. The smallest absolute Gasteiger partial charge is 0.127 e. The molecule has 2 rings (SSSR count). The highest BCUT2D eigenvalue weighted by molar-refractivity contribution is 5.49. The first-order valence-corrected chi connectivity index (χ1v) is 5.34. The number of nitrogens with one attached hydrogen (secondary N) is 2. The standard InChI is InChI=1S/C11H15N5O2/c1-17-8-4-3-5-9(18-2)10(8)11(14-12)7-6-13-16-15-7/h3-6,11,14H,12H2,1-2H3,(H,13,15,16). The summed E-state index contributed by atoms with van der Waals surface area (Å²) in [5, 5.41) is 10.4. The van der Waals surface area contributed by atoms with Crippen LogP contribution >= 0.6 is 0 Å². The maximum Gasteiger partial charge on any atom is 0.127 e. The van der Waals surface area contributed by atoms with E-state index >= 15 is 0 Å². The van der Waals surface area contributed by atoms with Crippen LogP contribution in [0.25, 0.3) is 0 Å². The van der Waals surface area contributed by atoms with Gasteiger partial charge < -0.3 is 9.47 Å². The Bertz CT molecular complexity index is 478. The average Bonchev–Trinajstić information content (AvgIpc) is 2.93. The van der Waals surface area contributed by atoms with Crippen LogP contribution in [0.3, 0.4) is 0 Å². The molecule has 0 fully saturated rings. The molecule has 1 unspecified atom stereocenters. The quantitative estimate of drug-likeness (QED) is 0.523. The van der Waals surface area contributed by atoms with Crippen LogP contribution in [0.4, 0.5) is 0 Å². The molecule has 7 nitrogen and oxygen atoms in total. The van der Waals surface area contributed by atoms with Crippen LogP contribution in [-0.4, -0.2) is 29.6 Å². The molecule has 0 aliphatic carbocycles. The minimum atomic E-state index is -0.366. The van der Waals surface area contributed by atoms with Crippen molar-refractivity contribution in [1.82, 2.24) is 20.8 Å². The SMILES string of the molecule is COc1cccc(OC)c1C(NN)c1cn[nH]n1. The molecule has 0 aliphatic rings. The Kier molecular flexibility index (Phi) is 3.75. The monoisotopic (exact) mass is 249 g/mol. The Morgan fingerprint density at radius 3 is 2.39 bits per heavy atom. The van der Waals surface area contributed by atoms with Crippen LogP contribution in [-0.2, 0) is 0 Å². The lowest BCUT2D eigenvalue weighted by Gasteiger charge is -2.19. The van der Waals surface area contributed by atoms with Crippen molar-refractivity contribution in [3.63, 3.8) is 0 Å². The molecular weight excluding hydrogens is 234 g/mol. The van der Waals surface area contributed by atoms with E-state index in [1.165, 1.54) is 0 Å². The van der Waals surface area contributed by atoms with E-state index in [4.69, 9.17) is 15.3 Å². The number of hydrogen-bond acceptors (Lipinski definition) is 6. The summed E-state index contributed by atoms with van der Waals surface area (Å²) in [6.07, 6.45) is 1.59. The van der Waals surface area contributed by atoms with Gasteiger partial charge in [-0.1, -0.05) is 6.07 Å². The number of benzene rings is 1. The number of aromatic nitrogens is 3. The number of rotatable bonds is 5. The van der Waals surface area contributed by atoms with E-state index < -0.39 is 0 Å². The highest BCUT2D eigenvalue weighted by Gasteiger charge is 2.23. The summed E-state index contributed by atoms with van der Waals surface area (Å²) in [7, 11) is 3.18. The molecular formula is C11H15N5O2. The van der Waals surface area contributed by atoms with Crippen LogP contribution in [0.15, 0.2) is 24.4 Å². The summed E-state index contributed by atoms with van der Waals surface area (Å²) in [6.45, 7) is 0. The topological polar surface area (TPSA) is 98.1 Å².